The SMILES string of the molecule is Cc1ccncc1-c1ccc(-c2c3ccccc3c(-c3ccc(-c4cnccc4C)cc3)c3cc(-c4ccccc4)ccc23)cc1. The molecule has 0 fully saturated rings. The number of hydrogen-bond donors (Lipinski definition) is 0. The highest BCUT2D eigenvalue weighted by molar-refractivity contribution is 6.22. The molecule has 2 nitrogen and oxygen atoms in total. The monoisotopic (exact) mass is 588 g/mol. The zero-order valence-electron chi connectivity index (χ0n) is 25.9. The van der Waals surface area contributed by atoms with Crippen molar-refractivity contribution in [2.24, 2.45) is 0 Å². The molecule has 0 saturated carbocycles. The fourth-order valence-corrected chi connectivity index (χ4v) is 6.78. The number of rotatable bonds is 5. The lowest BCUT2D eigenvalue weighted by molar-refractivity contribution is 1.29. The van der Waals surface area contributed by atoms with Gasteiger partial charge in [0.25, 0.3) is 0 Å². The number of fused-ring (bicyclic) bond motifs is 2. The van der Waals surface area contributed by atoms with Crippen molar-refractivity contribution in [1.82, 2.24) is 9.97 Å². The molecule has 0 atom stereocenters. The summed E-state index contributed by atoms with van der Waals surface area (Å²) in [7, 11) is 0. The highest BCUT2D eigenvalue weighted by Gasteiger charge is 2.18. The Hall–Kier alpha value is -5.86. The molecule has 8 rings (SSSR count). The first-order chi connectivity index (χ1) is 22.7. The molecule has 2 heteroatoms. The largest absolute Gasteiger partial charge is 0.264 e. The van der Waals surface area contributed by atoms with Crippen LogP contribution in [0.25, 0.3) is 77.2 Å². The van der Waals surface area contributed by atoms with Gasteiger partial charge < -0.3 is 0 Å². The highest BCUT2D eigenvalue weighted by Crippen LogP contribution is 2.45. The molecule has 218 valence electrons. The first-order valence-corrected chi connectivity index (χ1v) is 15.7. The van der Waals surface area contributed by atoms with E-state index in [1.807, 2.05) is 24.8 Å². The molecule has 0 radical (unpaired) electrons. The molecular weight excluding hydrogens is 556 g/mol. The molecule has 0 aliphatic rings. The van der Waals surface area contributed by atoms with Crippen LogP contribution in [-0.2, 0) is 0 Å². The van der Waals surface area contributed by atoms with Crippen molar-refractivity contribution in [1.29, 1.82) is 0 Å². The van der Waals surface area contributed by atoms with Crippen LogP contribution in [0.1, 0.15) is 11.1 Å². The summed E-state index contributed by atoms with van der Waals surface area (Å²) in [5, 5.41) is 4.97. The van der Waals surface area contributed by atoms with Crippen molar-refractivity contribution in [2.75, 3.05) is 0 Å². The molecule has 6 aromatic carbocycles. The van der Waals surface area contributed by atoms with Gasteiger partial charge in [0.15, 0.2) is 0 Å². The molecule has 0 saturated heterocycles. The van der Waals surface area contributed by atoms with Crippen molar-refractivity contribution < 1.29 is 0 Å². The Labute approximate surface area is 269 Å². The summed E-state index contributed by atoms with van der Waals surface area (Å²) >= 11 is 0. The van der Waals surface area contributed by atoms with E-state index in [0.29, 0.717) is 0 Å². The van der Waals surface area contributed by atoms with Gasteiger partial charge >= 0.3 is 0 Å². The number of benzene rings is 6. The van der Waals surface area contributed by atoms with Crippen LogP contribution in [0.4, 0.5) is 0 Å². The van der Waals surface area contributed by atoms with Crippen molar-refractivity contribution in [3.63, 3.8) is 0 Å². The Bertz CT molecular complexity index is 2350. The van der Waals surface area contributed by atoms with Gasteiger partial charge in [-0.05, 0) is 109 Å². The smallest absolute Gasteiger partial charge is 0.0349 e. The fraction of sp³-hybridized carbons (Fsp3) is 0.0455. The first-order valence-electron chi connectivity index (χ1n) is 15.7. The van der Waals surface area contributed by atoms with E-state index in [0.717, 1.165) is 11.1 Å². The van der Waals surface area contributed by atoms with Gasteiger partial charge in [-0.25, -0.2) is 0 Å². The Kier molecular flexibility index (Phi) is 6.96. The number of nitrogens with zero attached hydrogens (tertiary/aromatic N) is 2. The van der Waals surface area contributed by atoms with E-state index in [1.165, 1.54) is 77.2 Å². The Morgan fingerprint density at radius 2 is 0.783 bits per heavy atom. The van der Waals surface area contributed by atoms with Crippen molar-refractivity contribution >= 4 is 21.5 Å². The summed E-state index contributed by atoms with van der Waals surface area (Å²) in [5.74, 6) is 0. The Morgan fingerprint density at radius 1 is 0.348 bits per heavy atom. The maximum atomic E-state index is 4.39. The second kappa shape index (κ2) is 11.6. The van der Waals surface area contributed by atoms with Gasteiger partial charge in [0.1, 0.15) is 0 Å². The van der Waals surface area contributed by atoms with Crippen LogP contribution in [0.15, 0.2) is 158 Å². The quantitative estimate of drug-likeness (QED) is 0.187. The highest BCUT2D eigenvalue weighted by atomic mass is 14.6. The van der Waals surface area contributed by atoms with Gasteiger partial charge in [0, 0.05) is 35.9 Å². The van der Waals surface area contributed by atoms with E-state index in [2.05, 4.69) is 157 Å². The van der Waals surface area contributed by atoms with Gasteiger partial charge in [0.05, 0.1) is 0 Å². The Morgan fingerprint density at radius 3 is 1.30 bits per heavy atom. The van der Waals surface area contributed by atoms with Gasteiger partial charge in [-0.2, -0.15) is 0 Å². The third-order valence-corrected chi connectivity index (χ3v) is 9.18. The average Bonchev–Trinajstić information content (AvgIpc) is 3.11. The molecule has 0 amide bonds. The predicted octanol–water partition coefficient (Wildman–Crippen LogP) is 11.7. The molecule has 0 aliphatic heterocycles. The van der Waals surface area contributed by atoms with E-state index >= 15 is 0 Å². The maximum Gasteiger partial charge on any atom is 0.0349 e. The van der Waals surface area contributed by atoms with Crippen molar-refractivity contribution in [3.8, 4) is 55.6 Å². The Balaban J connectivity index is 1.37. The molecular formula is C44H32N2. The first kappa shape index (κ1) is 27.7. The lowest BCUT2D eigenvalue weighted by Crippen LogP contribution is -1.92. The third-order valence-electron chi connectivity index (χ3n) is 9.18. The third kappa shape index (κ3) is 4.85. The van der Waals surface area contributed by atoms with Crippen LogP contribution >= 0.6 is 0 Å². The zero-order valence-corrected chi connectivity index (χ0v) is 25.9. The molecule has 8 aromatic rings. The number of aryl methyl sites for hydroxylation is 2. The van der Waals surface area contributed by atoms with E-state index in [9.17, 15) is 0 Å². The number of aromatic nitrogens is 2. The number of pyridine rings is 2. The van der Waals surface area contributed by atoms with Crippen LogP contribution < -0.4 is 0 Å². The zero-order chi connectivity index (χ0) is 31.0. The van der Waals surface area contributed by atoms with Crippen LogP contribution in [0.2, 0.25) is 0 Å². The summed E-state index contributed by atoms with van der Waals surface area (Å²) in [6, 6.07) is 48.6. The molecule has 0 bridgehead atoms. The van der Waals surface area contributed by atoms with Crippen molar-refractivity contribution in [3.05, 3.63) is 169 Å². The van der Waals surface area contributed by atoms with E-state index < -0.39 is 0 Å². The minimum atomic E-state index is 1.16. The predicted molar refractivity (Wildman–Crippen MR) is 194 cm³/mol. The van der Waals surface area contributed by atoms with Gasteiger partial charge in [-0.3, -0.25) is 9.97 Å². The standard InChI is InChI=1S/C44H32N2/c1-29-22-24-45-27-41(29)32-12-16-34(17-13-32)43-37-10-6-7-11-38(37)44(35-18-14-33(15-19-35)42-28-46-25-23-30(42)2)40-26-36(20-21-39(40)43)31-8-4-3-5-9-31/h3-28H,1-2H3. The van der Waals surface area contributed by atoms with E-state index in [-0.39, 0.29) is 0 Å². The van der Waals surface area contributed by atoms with Crippen LogP contribution in [-0.4, -0.2) is 9.97 Å². The molecule has 2 heterocycles. The minimum absolute atomic E-state index is 1.16. The topological polar surface area (TPSA) is 25.8 Å². The molecule has 2 aromatic heterocycles. The second-order valence-electron chi connectivity index (χ2n) is 12.0. The molecule has 0 unspecified atom stereocenters. The molecule has 0 N–H and O–H groups in total. The van der Waals surface area contributed by atoms with Crippen LogP contribution in [0, 0.1) is 13.8 Å². The lowest BCUT2D eigenvalue weighted by atomic mass is 9.84. The maximum absolute atomic E-state index is 4.39. The number of hydrogen-bond acceptors (Lipinski definition) is 2. The van der Waals surface area contributed by atoms with E-state index in [1.54, 1.807) is 0 Å². The minimum Gasteiger partial charge on any atom is -0.264 e. The lowest BCUT2D eigenvalue weighted by Gasteiger charge is -2.19. The molecule has 46 heavy (non-hydrogen) atoms. The normalized spacial score (nSPS) is 11.3. The van der Waals surface area contributed by atoms with Gasteiger partial charge in [0.2, 0.25) is 0 Å². The summed E-state index contributed by atoms with van der Waals surface area (Å²) in [4.78, 5) is 8.76. The summed E-state index contributed by atoms with van der Waals surface area (Å²) in [6.45, 7) is 4.28. The molecule has 0 spiro atoms. The second-order valence-corrected chi connectivity index (χ2v) is 12.0. The average molecular weight is 589 g/mol. The van der Waals surface area contributed by atoms with Gasteiger partial charge in [-0.1, -0.05) is 115 Å². The van der Waals surface area contributed by atoms with Gasteiger partial charge in [-0.15, -0.1) is 0 Å². The fourth-order valence-electron chi connectivity index (χ4n) is 6.78. The van der Waals surface area contributed by atoms with Crippen LogP contribution in [0.5, 0.6) is 0 Å². The van der Waals surface area contributed by atoms with Crippen LogP contribution in [0.3, 0.4) is 0 Å². The molecule has 0 aliphatic carbocycles. The van der Waals surface area contributed by atoms with E-state index in [4.69, 9.17) is 0 Å². The summed E-state index contributed by atoms with van der Waals surface area (Å²) in [6.07, 6.45) is 7.61. The van der Waals surface area contributed by atoms with Crippen molar-refractivity contribution in [2.45, 2.75) is 13.8 Å². The summed E-state index contributed by atoms with van der Waals surface area (Å²) < 4.78 is 0. The summed E-state index contributed by atoms with van der Waals surface area (Å²) in [5.41, 5.74) is 14.5.